The van der Waals surface area contributed by atoms with Gasteiger partial charge >= 0.3 is 0 Å². The van der Waals surface area contributed by atoms with Crippen molar-refractivity contribution in [2.75, 3.05) is 0 Å². The fourth-order valence-corrected chi connectivity index (χ4v) is 18.5. The molecule has 0 bridgehead atoms. The zero-order valence-corrected chi connectivity index (χ0v) is 52.6. The Morgan fingerprint density at radius 3 is 0.968 bits per heavy atom. The van der Waals surface area contributed by atoms with Crippen LogP contribution in [0, 0.1) is 0 Å². The summed E-state index contributed by atoms with van der Waals surface area (Å²) in [6, 6.07) is 107. The summed E-state index contributed by atoms with van der Waals surface area (Å²) in [5.41, 5.74) is 15.5. The van der Waals surface area contributed by atoms with Gasteiger partial charge in [0.05, 0.1) is 33.1 Å². The maximum Gasteiger partial charge on any atom is 0.240 e. The molecule has 0 saturated carbocycles. The minimum Gasteiger partial charge on any atom is -0.309 e. The molecule has 94 heavy (non-hydrogen) atoms. The van der Waals surface area contributed by atoms with E-state index in [2.05, 4.69) is 305 Å². The minimum atomic E-state index is 0.537. The van der Waals surface area contributed by atoms with E-state index in [9.17, 15) is 0 Å². The van der Waals surface area contributed by atoms with E-state index >= 15 is 0 Å². The second-order valence-electron chi connectivity index (χ2n) is 24.7. The van der Waals surface area contributed by atoms with Crippen LogP contribution in [0.3, 0.4) is 0 Å². The highest BCUT2D eigenvalue weighted by atomic mass is 32.1. The lowest BCUT2D eigenvalue weighted by molar-refractivity contribution is 0.893. The van der Waals surface area contributed by atoms with Gasteiger partial charge in [-0.2, -0.15) is 15.0 Å². The maximum absolute atomic E-state index is 5.61. The Labute approximate surface area is 549 Å². The highest BCUT2D eigenvalue weighted by Gasteiger charge is 2.23. The van der Waals surface area contributed by atoms with Crippen LogP contribution in [0.5, 0.6) is 0 Å². The topological polar surface area (TPSA) is 53.5 Å². The third kappa shape index (κ3) is 7.83. The van der Waals surface area contributed by atoms with Gasteiger partial charge < -0.3 is 4.57 Å². The van der Waals surface area contributed by atoms with Crippen LogP contribution in [-0.4, -0.2) is 28.7 Å². The molecule has 6 nitrogen and oxygen atoms in total. The molecule has 0 unspecified atom stereocenters. The van der Waals surface area contributed by atoms with Crippen molar-refractivity contribution in [3.05, 3.63) is 291 Å². The summed E-state index contributed by atoms with van der Waals surface area (Å²) in [6.07, 6.45) is 0. The van der Waals surface area contributed by atoms with Gasteiger partial charge in [-0.15, -0.1) is 34.0 Å². The average molecular weight is 1250 g/mol. The van der Waals surface area contributed by atoms with Gasteiger partial charge in [0.15, 0.2) is 5.82 Å². The van der Waals surface area contributed by atoms with Gasteiger partial charge in [0.25, 0.3) is 0 Å². The van der Waals surface area contributed by atoms with E-state index in [1.807, 2.05) is 34.0 Å². The van der Waals surface area contributed by atoms with Crippen LogP contribution in [0.4, 0.5) is 0 Å². The summed E-state index contributed by atoms with van der Waals surface area (Å²) in [6.45, 7) is 0. The highest BCUT2D eigenvalue weighted by Crippen LogP contribution is 2.44. The standard InChI is InChI=1S/C85H48N6S3/c1-7-19-71-59(13-1)68-43-51(54-28-35-65-62-16-4-10-22-77(62)92-80(65)46-54)31-38-74(68)89(71)58-34-27-49-41-57(26-25-50(49)42-58)83-86-84(90-72-20-8-2-14-60(72)69-44-52(32-39-75(69)90)55-29-36-66-63-17-5-11-23-78(63)93-81(66)47-55)88-85(87-83)91-73-21-9-3-15-61(73)70-45-53(33-40-76(70)91)56-30-37-67-64-18-6-12-24-79(64)94-82(67)48-56/h1-48H. The van der Waals surface area contributed by atoms with Gasteiger partial charge in [0, 0.05) is 104 Å². The van der Waals surface area contributed by atoms with Crippen LogP contribution in [0.25, 0.3) is 199 Å². The molecule has 0 fully saturated rings. The van der Waals surface area contributed by atoms with E-state index in [1.54, 1.807) is 0 Å². The quantitative estimate of drug-likeness (QED) is 0.160. The fourth-order valence-electron chi connectivity index (χ4n) is 15.1. The molecule has 0 N–H and O–H groups in total. The van der Waals surface area contributed by atoms with Crippen LogP contribution in [-0.2, 0) is 0 Å². The van der Waals surface area contributed by atoms with Crippen molar-refractivity contribution < 1.29 is 0 Å². The van der Waals surface area contributed by atoms with Crippen molar-refractivity contribution >= 4 is 171 Å². The van der Waals surface area contributed by atoms with Crippen molar-refractivity contribution in [1.29, 1.82) is 0 Å². The number of aromatic nitrogens is 6. The summed E-state index contributed by atoms with van der Waals surface area (Å²) in [5.74, 6) is 1.65. The van der Waals surface area contributed by atoms with E-state index < -0.39 is 0 Å². The zero-order valence-electron chi connectivity index (χ0n) is 50.1. The number of hydrogen-bond donors (Lipinski definition) is 0. The predicted octanol–water partition coefficient (Wildman–Crippen LogP) is 24.1. The molecule has 0 aliphatic carbocycles. The Morgan fingerprint density at radius 1 is 0.202 bits per heavy atom. The first-order valence-electron chi connectivity index (χ1n) is 31.7. The summed E-state index contributed by atoms with van der Waals surface area (Å²) >= 11 is 5.57. The molecule has 0 spiro atoms. The summed E-state index contributed by atoms with van der Waals surface area (Å²) in [5, 5.41) is 17.0. The van der Waals surface area contributed by atoms with Crippen LogP contribution in [0.1, 0.15) is 0 Å². The van der Waals surface area contributed by atoms with Gasteiger partial charge in [0.2, 0.25) is 11.9 Å². The molecular weight excluding hydrogens is 1200 g/mol. The number of para-hydroxylation sites is 3. The van der Waals surface area contributed by atoms with Crippen LogP contribution in [0.15, 0.2) is 291 Å². The van der Waals surface area contributed by atoms with E-state index in [0.29, 0.717) is 17.7 Å². The van der Waals surface area contributed by atoms with Gasteiger partial charge in [-0.1, -0.05) is 182 Å². The second kappa shape index (κ2) is 20.0. The number of benzene rings is 14. The molecule has 7 heterocycles. The molecule has 0 radical (unpaired) electrons. The van der Waals surface area contributed by atoms with Crippen molar-refractivity contribution in [2.45, 2.75) is 0 Å². The molecule has 0 atom stereocenters. The smallest absolute Gasteiger partial charge is 0.240 e. The van der Waals surface area contributed by atoms with Gasteiger partial charge in [-0.05, 0) is 153 Å². The number of nitrogens with zero attached hydrogens (tertiary/aromatic N) is 6. The molecule has 0 aliphatic rings. The average Bonchev–Trinajstić information content (AvgIpc) is 1.57. The largest absolute Gasteiger partial charge is 0.309 e. The molecule has 0 saturated heterocycles. The fraction of sp³-hybridized carbons (Fsp3) is 0. The molecule has 0 amide bonds. The Morgan fingerprint density at radius 2 is 0.521 bits per heavy atom. The molecule has 7 aromatic heterocycles. The normalized spacial score (nSPS) is 12.3. The third-order valence-electron chi connectivity index (χ3n) is 19.5. The molecule has 14 aromatic carbocycles. The van der Waals surface area contributed by atoms with Crippen LogP contribution in [0.2, 0.25) is 0 Å². The minimum absolute atomic E-state index is 0.537. The number of thiophene rings is 3. The van der Waals surface area contributed by atoms with Crippen molar-refractivity contribution in [3.8, 4) is 62.4 Å². The first-order chi connectivity index (χ1) is 46.5. The SMILES string of the molecule is c1ccc2c(c1)sc1cc(-c3ccc4c(c3)c3ccccc3n4-c3ccc4cc(-c5nc(-n6c7ccccc7c7cc(-c8ccc9c(c8)sc8ccccc89)ccc76)nc(-n6c7ccccc7c7cc(-c8ccc9c(c8)sc8ccccc89)ccc76)n5)ccc4c3)ccc12. The predicted molar refractivity (Wildman–Crippen MR) is 401 cm³/mol. The number of rotatable bonds is 7. The van der Waals surface area contributed by atoms with E-state index in [0.717, 1.165) is 76.8 Å². The number of fused-ring (bicyclic) bond motifs is 19. The van der Waals surface area contributed by atoms with Crippen molar-refractivity contribution in [2.24, 2.45) is 0 Å². The Balaban J connectivity index is 0.719. The second-order valence-corrected chi connectivity index (χ2v) is 27.9. The van der Waals surface area contributed by atoms with Crippen molar-refractivity contribution in [3.63, 3.8) is 0 Å². The summed E-state index contributed by atoms with van der Waals surface area (Å²) in [4.78, 5) is 16.7. The zero-order chi connectivity index (χ0) is 61.3. The molecule has 436 valence electrons. The number of hydrogen-bond acceptors (Lipinski definition) is 6. The van der Waals surface area contributed by atoms with E-state index in [-0.39, 0.29) is 0 Å². The van der Waals surface area contributed by atoms with E-state index in [1.165, 1.54) is 105 Å². The highest BCUT2D eigenvalue weighted by molar-refractivity contribution is 7.26. The molecule has 21 rings (SSSR count). The molecular formula is C85H48N6S3. The lowest BCUT2D eigenvalue weighted by atomic mass is 10.0. The van der Waals surface area contributed by atoms with Crippen LogP contribution >= 0.6 is 34.0 Å². The van der Waals surface area contributed by atoms with Gasteiger partial charge in [-0.25, -0.2) is 0 Å². The Hall–Kier alpha value is -11.6. The lowest BCUT2D eigenvalue weighted by Crippen LogP contribution is -2.10. The molecule has 0 aliphatic heterocycles. The molecule has 21 aromatic rings. The monoisotopic (exact) mass is 1250 g/mol. The van der Waals surface area contributed by atoms with Crippen LogP contribution < -0.4 is 0 Å². The Bertz CT molecular complexity index is 6580. The van der Waals surface area contributed by atoms with Gasteiger partial charge in [0.1, 0.15) is 0 Å². The third-order valence-corrected chi connectivity index (χ3v) is 22.9. The molecule has 9 heteroatoms. The Kier molecular flexibility index (Phi) is 11.1. The maximum atomic E-state index is 5.61. The van der Waals surface area contributed by atoms with E-state index in [4.69, 9.17) is 15.0 Å². The van der Waals surface area contributed by atoms with Crippen molar-refractivity contribution in [1.82, 2.24) is 28.7 Å². The first-order valence-corrected chi connectivity index (χ1v) is 34.1. The first kappa shape index (κ1) is 52.1. The lowest BCUT2D eigenvalue weighted by Gasteiger charge is -2.13. The summed E-state index contributed by atoms with van der Waals surface area (Å²) < 4.78 is 14.7. The summed E-state index contributed by atoms with van der Waals surface area (Å²) in [7, 11) is 0. The van der Waals surface area contributed by atoms with Gasteiger partial charge in [-0.3, -0.25) is 9.13 Å².